The maximum Gasteiger partial charge on any atom is 0.311 e. The van der Waals surface area contributed by atoms with Gasteiger partial charge in [0.25, 0.3) is 5.69 Å². The third kappa shape index (κ3) is 5.43. The monoisotopic (exact) mass is 382 g/mol. The first-order valence-corrected chi connectivity index (χ1v) is 8.01. The summed E-state index contributed by atoms with van der Waals surface area (Å²) in [6.07, 6.45) is 1.32. The summed E-state index contributed by atoms with van der Waals surface area (Å²) in [6.45, 7) is 2.54. The summed E-state index contributed by atoms with van der Waals surface area (Å²) in [5, 5.41) is 25.7. The van der Waals surface area contributed by atoms with Gasteiger partial charge in [-0.05, 0) is 13.0 Å². The van der Waals surface area contributed by atoms with Crippen LogP contribution in [0.4, 0.5) is 17.1 Å². The highest BCUT2D eigenvalue weighted by Gasteiger charge is 2.38. The van der Waals surface area contributed by atoms with Crippen LogP contribution in [0.5, 0.6) is 0 Å². The van der Waals surface area contributed by atoms with E-state index in [0.717, 1.165) is 12.1 Å². The Morgan fingerprint density at radius 3 is 2.63 bits per heavy atom. The summed E-state index contributed by atoms with van der Waals surface area (Å²) in [6, 6.07) is 3.14. The molecule has 1 heterocycles. The Hall–Kier alpha value is -3.12. The molecule has 1 aliphatic heterocycles. The average molecular weight is 382 g/mol. The molecule has 1 aliphatic rings. The number of hydrogen-bond donors (Lipinski definition) is 1. The molecule has 1 aromatic rings. The van der Waals surface area contributed by atoms with Crippen LogP contribution in [0.25, 0.3) is 0 Å². The van der Waals surface area contributed by atoms with Crippen molar-refractivity contribution in [3.05, 3.63) is 38.4 Å². The molecule has 146 valence electrons. The minimum absolute atomic E-state index is 0.0189. The second-order valence-electron chi connectivity index (χ2n) is 5.43. The molecule has 12 heteroatoms. The number of esters is 1. The first-order chi connectivity index (χ1) is 12.9. The molecule has 1 N–H and O–H groups in total. The summed E-state index contributed by atoms with van der Waals surface area (Å²) in [5.41, 5.74) is 1.54. The topological polar surface area (TPSA) is 155 Å². The lowest BCUT2D eigenvalue weighted by atomic mass is 10.1. The van der Waals surface area contributed by atoms with E-state index in [1.165, 1.54) is 12.3 Å². The highest BCUT2D eigenvalue weighted by molar-refractivity contribution is 5.72. The maximum atomic E-state index is 11.7. The number of nitro benzene ring substituents is 2. The smallest absolute Gasteiger partial charge is 0.311 e. The van der Waals surface area contributed by atoms with Crippen LogP contribution >= 0.6 is 0 Å². The number of non-ortho nitro benzene ring substituents is 1. The Balaban J connectivity index is 2.04. The first-order valence-electron chi connectivity index (χ1n) is 8.01. The van der Waals surface area contributed by atoms with Gasteiger partial charge in [-0.15, -0.1) is 0 Å². The largest absolute Gasteiger partial charge is 0.466 e. The van der Waals surface area contributed by atoms with Crippen molar-refractivity contribution in [2.24, 2.45) is 5.10 Å². The standard InChI is InChI=1S/C15H18N4O8/c1-2-25-14(20)10-15(26-7-8-27-15)5-6-16-17-12-4-3-11(18(21)22)9-13(12)19(23)24/h3-4,6,9,17H,2,5,7-8,10H2,1H3/b16-6+. The van der Waals surface area contributed by atoms with Gasteiger partial charge in [0.05, 0.1) is 42.2 Å². The van der Waals surface area contributed by atoms with Gasteiger partial charge in [-0.3, -0.25) is 30.4 Å². The molecule has 0 radical (unpaired) electrons. The van der Waals surface area contributed by atoms with Crippen molar-refractivity contribution in [1.29, 1.82) is 0 Å². The fourth-order valence-electron chi connectivity index (χ4n) is 2.40. The highest BCUT2D eigenvalue weighted by Crippen LogP contribution is 2.29. The summed E-state index contributed by atoms with van der Waals surface area (Å²) in [7, 11) is 0. The number of hydrazone groups is 1. The number of rotatable bonds is 9. The molecule has 0 aromatic heterocycles. The van der Waals surface area contributed by atoms with Gasteiger partial charge >= 0.3 is 11.7 Å². The quantitative estimate of drug-likeness (QED) is 0.292. The normalized spacial score (nSPS) is 15.6. The van der Waals surface area contributed by atoms with Crippen molar-refractivity contribution >= 4 is 29.2 Å². The van der Waals surface area contributed by atoms with E-state index in [9.17, 15) is 25.0 Å². The van der Waals surface area contributed by atoms with Crippen molar-refractivity contribution in [2.75, 3.05) is 25.2 Å². The predicted molar refractivity (Wildman–Crippen MR) is 92.4 cm³/mol. The van der Waals surface area contributed by atoms with Crippen molar-refractivity contribution in [3.63, 3.8) is 0 Å². The number of anilines is 1. The molecular weight excluding hydrogens is 364 g/mol. The zero-order chi connectivity index (χ0) is 19.9. The number of carbonyl (C=O) groups is 1. The first kappa shape index (κ1) is 20.2. The van der Waals surface area contributed by atoms with Crippen molar-refractivity contribution in [3.8, 4) is 0 Å². The molecule has 0 amide bonds. The molecule has 0 unspecified atom stereocenters. The molecule has 0 spiro atoms. The van der Waals surface area contributed by atoms with Gasteiger partial charge in [0, 0.05) is 18.7 Å². The van der Waals surface area contributed by atoms with Crippen LogP contribution in [0.1, 0.15) is 19.8 Å². The molecule has 1 aromatic carbocycles. The highest BCUT2D eigenvalue weighted by atomic mass is 16.7. The fourth-order valence-corrected chi connectivity index (χ4v) is 2.40. The molecule has 2 rings (SSSR count). The van der Waals surface area contributed by atoms with Crippen LogP contribution < -0.4 is 5.43 Å². The number of ether oxygens (including phenoxy) is 3. The van der Waals surface area contributed by atoms with Crippen LogP contribution in [-0.4, -0.2) is 47.6 Å². The van der Waals surface area contributed by atoms with E-state index in [2.05, 4.69) is 10.5 Å². The lowest BCUT2D eigenvalue weighted by Crippen LogP contribution is -2.34. The van der Waals surface area contributed by atoms with Crippen LogP contribution in [0, 0.1) is 20.2 Å². The zero-order valence-corrected chi connectivity index (χ0v) is 14.5. The number of nitrogens with zero attached hydrogens (tertiary/aromatic N) is 3. The van der Waals surface area contributed by atoms with E-state index in [1.807, 2.05) is 0 Å². The zero-order valence-electron chi connectivity index (χ0n) is 14.5. The van der Waals surface area contributed by atoms with Gasteiger partial charge in [0.15, 0.2) is 5.79 Å². The molecule has 12 nitrogen and oxygen atoms in total. The average Bonchev–Trinajstić information content (AvgIpc) is 3.07. The molecular formula is C15H18N4O8. The van der Waals surface area contributed by atoms with Gasteiger partial charge in [-0.1, -0.05) is 0 Å². The lowest BCUT2D eigenvalue weighted by Gasteiger charge is -2.24. The molecule has 0 saturated carbocycles. The Morgan fingerprint density at radius 2 is 2.04 bits per heavy atom. The Bertz CT molecular complexity index is 745. The number of hydrogen-bond acceptors (Lipinski definition) is 10. The van der Waals surface area contributed by atoms with Gasteiger partial charge < -0.3 is 14.2 Å². The van der Waals surface area contributed by atoms with Crippen LogP contribution in [0.3, 0.4) is 0 Å². The number of benzene rings is 1. The summed E-state index contributed by atoms with van der Waals surface area (Å²) < 4.78 is 15.9. The fraction of sp³-hybridized carbons (Fsp3) is 0.467. The van der Waals surface area contributed by atoms with E-state index in [0.29, 0.717) is 13.2 Å². The number of carbonyl (C=O) groups excluding carboxylic acids is 1. The van der Waals surface area contributed by atoms with Gasteiger partial charge in [0.2, 0.25) is 0 Å². The molecule has 27 heavy (non-hydrogen) atoms. The molecule has 1 fully saturated rings. The van der Waals surface area contributed by atoms with Gasteiger partial charge in [0.1, 0.15) is 5.69 Å². The number of nitro groups is 2. The molecule has 1 saturated heterocycles. The summed E-state index contributed by atoms with van der Waals surface area (Å²) in [5.74, 6) is -1.68. The van der Waals surface area contributed by atoms with Gasteiger partial charge in [-0.25, -0.2) is 0 Å². The summed E-state index contributed by atoms with van der Waals surface area (Å²) >= 11 is 0. The molecule has 0 atom stereocenters. The molecule has 0 aliphatic carbocycles. The van der Waals surface area contributed by atoms with Crippen LogP contribution in [0.2, 0.25) is 0 Å². The van der Waals surface area contributed by atoms with E-state index < -0.39 is 33.0 Å². The van der Waals surface area contributed by atoms with Crippen molar-refractivity contribution in [2.45, 2.75) is 25.6 Å². The third-order valence-electron chi connectivity index (χ3n) is 3.60. The molecule has 0 bridgehead atoms. The van der Waals surface area contributed by atoms with E-state index in [4.69, 9.17) is 14.2 Å². The minimum atomic E-state index is -1.20. The van der Waals surface area contributed by atoms with Crippen LogP contribution in [0.15, 0.2) is 23.3 Å². The van der Waals surface area contributed by atoms with Gasteiger partial charge in [-0.2, -0.15) is 5.10 Å². The van der Waals surface area contributed by atoms with E-state index in [-0.39, 0.29) is 25.1 Å². The van der Waals surface area contributed by atoms with Crippen LogP contribution in [-0.2, 0) is 19.0 Å². The summed E-state index contributed by atoms with van der Waals surface area (Å²) in [4.78, 5) is 32.0. The second-order valence-corrected chi connectivity index (χ2v) is 5.43. The predicted octanol–water partition coefficient (Wildman–Crippen LogP) is 1.99. The Kier molecular flexibility index (Phi) is 6.73. The van der Waals surface area contributed by atoms with E-state index in [1.54, 1.807) is 6.92 Å². The number of nitrogens with one attached hydrogen (secondary N) is 1. The SMILES string of the molecule is CCOC(=O)CC1(C/C=N/Nc2ccc([N+](=O)[O-])cc2[N+](=O)[O-])OCCO1. The Morgan fingerprint density at radius 1 is 1.33 bits per heavy atom. The lowest BCUT2D eigenvalue weighted by molar-refractivity contribution is -0.393. The second kappa shape index (κ2) is 9.00. The van der Waals surface area contributed by atoms with E-state index >= 15 is 0 Å². The maximum absolute atomic E-state index is 11.7. The van der Waals surface area contributed by atoms with Crippen molar-refractivity contribution in [1.82, 2.24) is 0 Å². The third-order valence-corrected chi connectivity index (χ3v) is 3.60. The van der Waals surface area contributed by atoms with Crippen molar-refractivity contribution < 1.29 is 28.9 Å². The minimum Gasteiger partial charge on any atom is -0.466 e. The Labute approximate surface area is 153 Å².